The first-order valence-corrected chi connectivity index (χ1v) is 6.20. The molecule has 2 atom stereocenters. The summed E-state index contributed by atoms with van der Waals surface area (Å²) < 4.78 is 13.0. The van der Waals surface area contributed by atoms with Crippen LogP contribution in [0.1, 0.15) is 25.8 Å². The van der Waals surface area contributed by atoms with E-state index in [2.05, 4.69) is 5.32 Å². The largest absolute Gasteiger partial charge is 0.480 e. The molecule has 19 heavy (non-hydrogen) atoms. The molecule has 104 valence electrons. The summed E-state index contributed by atoms with van der Waals surface area (Å²) >= 11 is 0. The molecule has 0 saturated heterocycles. The van der Waals surface area contributed by atoms with Gasteiger partial charge < -0.3 is 10.4 Å². The van der Waals surface area contributed by atoms with Gasteiger partial charge in [-0.15, -0.1) is 0 Å². The Bertz CT molecular complexity index is 462. The van der Waals surface area contributed by atoms with Gasteiger partial charge in [0.25, 0.3) is 0 Å². The lowest BCUT2D eigenvalue weighted by atomic mass is 9.99. The third kappa shape index (κ3) is 4.69. The van der Waals surface area contributed by atoms with E-state index in [1.165, 1.54) is 18.2 Å². The number of amides is 1. The van der Waals surface area contributed by atoms with E-state index in [0.29, 0.717) is 12.0 Å². The zero-order valence-electron chi connectivity index (χ0n) is 11.0. The molecule has 0 fully saturated rings. The second kappa shape index (κ2) is 6.87. The summed E-state index contributed by atoms with van der Waals surface area (Å²) in [5.41, 5.74) is 0.519. The number of aliphatic carboxylic acids is 1. The average molecular weight is 267 g/mol. The van der Waals surface area contributed by atoms with Gasteiger partial charge in [0.2, 0.25) is 5.91 Å². The number of benzene rings is 1. The molecular weight excluding hydrogens is 249 g/mol. The Balaban J connectivity index is 2.65. The van der Waals surface area contributed by atoms with Crippen LogP contribution in [0.4, 0.5) is 4.39 Å². The van der Waals surface area contributed by atoms with Gasteiger partial charge in [0, 0.05) is 0 Å². The molecule has 0 aliphatic heterocycles. The lowest BCUT2D eigenvalue weighted by Crippen LogP contribution is -2.45. The Morgan fingerprint density at radius 1 is 1.42 bits per heavy atom. The van der Waals surface area contributed by atoms with E-state index in [0.717, 1.165) is 0 Å². The van der Waals surface area contributed by atoms with Crippen molar-refractivity contribution in [3.8, 4) is 0 Å². The molecule has 0 saturated carbocycles. The van der Waals surface area contributed by atoms with Crippen molar-refractivity contribution in [1.29, 1.82) is 0 Å². The fourth-order valence-electron chi connectivity index (χ4n) is 1.74. The highest BCUT2D eigenvalue weighted by molar-refractivity contribution is 5.85. The smallest absolute Gasteiger partial charge is 0.326 e. The molecule has 4 nitrogen and oxygen atoms in total. The third-order valence-electron chi connectivity index (χ3n) is 3.05. The molecule has 2 N–H and O–H groups in total. The number of carboxylic acids is 1. The monoisotopic (exact) mass is 267 g/mol. The Kier molecular flexibility index (Phi) is 5.48. The summed E-state index contributed by atoms with van der Waals surface area (Å²) in [5, 5.41) is 11.5. The van der Waals surface area contributed by atoms with Crippen molar-refractivity contribution in [2.75, 3.05) is 0 Å². The van der Waals surface area contributed by atoms with Crippen molar-refractivity contribution in [3.63, 3.8) is 0 Å². The zero-order valence-corrected chi connectivity index (χ0v) is 11.0. The van der Waals surface area contributed by atoms with Crippen LogP contribution >= 0.6 is 0 Å². The van der Waals surface area contributed by atoms with Gasteiger partial charge in [0.1, 0.15) is 11.9 Å². The SMILES string of the molecule is CC[C@H](C)[C@@H](NC(=O)Cc1cccc(F)c1)C(=O)O. The summed E-state index contributed by atoms with van der Waals surface area (Å²) in [4.78, 5) is 22.8. The van der Waals surface area contributed by atoms with Gasteiger partial charge >= 0.3 is 5.97 Å². The van der Waals surface area contributed by atoms with Gasteiger partial charge in [0.15, 0.2) is 0 Å². The lowest BCUT2D eigenvalue weighted by Gasteiger charge is -2.20. The van der Waals surface area contributed by atoms with Crippen LogP contribution in [0.5, 0.6) is 0 Å². The first-order chi connectivity index (χ1) is 8.93. The molecule has 0 aromatic heterocycles. The number of hydrogen-bond acceptors (Lipinski definition) is 2. The van der Waals surface area contributed by atoms with Crippen molar-refractivity contribution in [2.45, 2.75) is 32.7 Å². The van der Waals surface area contributed by atoms with Gasteiger partial charge in [0.05, 0.1) is 6.42 Å². The molecular formula is C14H18FNO3. The van der Waals surface area contributed by atoms with Crippen molar-refractivity contribution in [1.82, 2.24) is 5.32 Å². The fraction of sp³-hybridized carbons (Fsp3) is 0.429. The summed E-state index contributed by atoms with van der Waals surface area (Å²) in [7, 11) is 0. The average Bonchev–Trinajstić information content (AvgIpc) is 2.34. The molecule has 1 amide bonds. The summed E-state index contributed by atoms with van der Waals surface area (Å²) in [6.45, 7) is 3.63. The normalized spacial score (nSPS) is 13.6. The maximum atomic E-state index is 13.0. The van der Waals surface area contributed by atoms with Crippen LogP contribution in [0.3, 0.4) is 0 Å². The van der Waals surface area contributed by atoms with Crippen molar-refractivity contribution < 1.29 is 19.1 Å². The van der Waals surface area contributed by atoms with Gasteiger partial charge in [-0.05, 0) is 23.6 Å². The first kappa shape index (κ1) is 15.1. The Hall–Kier alpha value is -1.91. The minimum Gasteiger partial charge on any atom is -0.480 e. The lowest BCUT2D eigenvalue weighted by molar-refractivity contribution is -0.143. The minimum atomic E-state index is -1.05. The second-order valence-electron chi connectivity index (χ2n) is 4.58. The molecule has 0 bridgehead atoms. The molecule has 5 heteroatoms. The van der Waals surface area contributed by atoms with Crippen LogP contribution in [0.2, 0.25) is 0 Å². The maximum Gasteiger partial charge on any atom is 0.326 e. The number of carboxylic acid groups (broad SMARTS) is 1. The maximum absolute atomic E-state index is 13.0. The fourth-order valence-corrected chi connectivity index (χ4v) is 1.74. The van der Waals surface area contributed by atoms with Crippen LogP contribution in [0.15, 0.2) is 24.3 Å². The number of rotatable bonds is 6. The third-order valence-corrected chi connectivity index (χ3v) is 3.05. The Morgan fingerprint density at radius 2 is 2.11 bits per heavy atom. The van der Waals surface area contributed by atoms with Crippen LogP contribution in [-0.2, 0) is 16.0 Å². The Labute approximate surface area is 111 Å². The highest BCUT2D eigenvalue weighted by Crippen LogP contribution is 2.09. The molecule has 0 radical (unpaired) electrons. The number of halogens is 1. The van der Waals surface area contributed by atoms with Crippen LogP contribution < -0.4 is 5.32 Å². The highest BCUT2D eigenvalue weighted by atomic mass is 19.1. The van der Waals surface area contributed by atoms with Crippen molar-refractivity contribution in [3.05, 3.63) is 35.6 Å². The minimum absolute atomic E-state index is 0.0298. The standard InChI is InChI=1S/C14H18FNO3/c1-3-9(2)13(14(18)19)16-12(17)8-10-5-4-6-11(15)7-10/h4-7,9,13H,3,8H2,1-2H3,(H,16,17)(H,18,19)/t9-,13+/m0/s1. The van der Waals surface area contributed by atoms with Gasteiger partial charge in [-0.25, -0.2) is 9.18 Å². The molecule has 0 heterocycles. The summed E-state index contributed by atoms with van der Waals surface area (Å²) in [6, 6.07) is 4.79. The second-order valence-corrected chi connectivity index (χ2v) is 4.58. The van der Waals surface area contributed by atoms with E-state index in [4.69, 9.17) is 5.11 Å². The van der Waals surface area contributed by atoms with Crippen molar-refractivity contribution in [2.24, 2.45) is 5.92 Å². The van der Waals surface area contributed by atoms with Crippen LogP contribution in [-0.4, -0.2) is 23.0 Å². The van der Waals surface area contributed by atoms with Gasteiger partial charge in [-0.2, -0.15) is 0 Å². The topological polar surface area (TPSA) is 66.4 Å². The van der Waals surface area contributed by atoms with E-state index < -0.39 is 23.7 Å². The number of nitrogens with one attached hydrogen (secondary N) is 1. The predicted octanol–water partition coefficient (Wildman–Crippen LogP) is 1.98. The van der Waals surface area contributed by atoms with Crippen molar-refractivity contribution >= 4 is 11.9 Å². The van der Waals surface area contributed by atoms with Gasteiger partial charge in [-0.3, -0.25) is 4.79 Å². The van der Waals surface area contributed by atoms with Crippen LogP contribution in [0, 0.1) is 11.7 Å². The zero-order chi connectivity index (χ0) is 14.4. The molecule has 1 aromatic rings. The highest BCUT2D eigenvalue weighted by Gasteiger charge is 2.25. The molecule has 1 rings (SSSR count). The molecule has 0 aliphatic carbocycles. The van der Waals surface area contributed by atoms with E-state index in [1.54, 1.807) is 13.0 Å². The first-order valence-electron chi connectivity index (χ1n) is 6.20. The molecule has 1 aromatic carbocycles. The predicted molar refractivity (Wildman–Crippen MR) is 69.1 cm³/mol. The Morgan fingerprint density at radius 3 is 2.63 bits per heavy atom. The number of carbonyl (C=O) groups excluding carboxylic acids is 1. The van der Waals surface area contributed by atoms with Crippen LogP contribution in [0.25, 0.3) is 0 Å². The quantitative estimate of drug-likeness (QED) is 0.828. The van der Waals surface area contributed by atoms with E-state index in [9.17, 15) is 14.0 Å². The number of hydrogen-bond donors (Lipinski definition) is 2. The molecule has 0 spiro atoms. The van der Waals surface area contributed by atoms with Gasteiger partial charge in [-0.1, -0.05) is 32.4 Å². The molecule has 0 aliphatic rings. The number of carbonyl (C=O) groups is 2. The van der Waals surface area contributed by atoms with E-state index >= 15 is 0 Å². The summed E-state index contributed by atoms with van der Waals surface area (Å²) in [5.74, 6) is -2.05. The van der Waals surface area contributed by atoms with E-state index in [1.807, 2.05) is 6.92 Å². The summed E-state index contributed by atoms with van der Waals surface area (Å²) in [6.07, 6.45) is 0.620. The molecule has 0 unspecified atom stereocenters. The van der Waals surface area contributed by atoms with E-state index in [-0.39, 0.29) is 12.3 Å².